The van der Waals surface area contributed by atoms with Gasteiger partial charge in [-0.15, -0.1) is 0 Å². The molecule has 0 aromatic heterocycles. The zero-order valence-electron chi connectivity index (χ0n) is 18.1. The molecular weight excluding hydrogens is 424 g/mol. The normalized spacial score (nSPS) is 11.4. The fraction of sp³-hybridized carbons (Fsp3) is 0.348. The lowest BCUT2D eigenvalue weighted by molar-refractivity contribution is -0.169. The molecule has 2 aromatic carbocycles. The second kappa shape index (κ2) is 9.83. The average molecular weight is 449 g/mol. The van der Waals surface area contributed by atoms with Crippen LogP contribution in [0.25, 0.3) is 0 Å². The molecule has 0 unspecified atom stereocenters. The van der Waals surface area contributed by atoms with Crippen molar-refractivity contribution < 1.29 is 33.3 Å². The molecule has 0 bridgehead atoms. The first kappa shape index (κ1) is 24.2. The largest absolute Gasteiger partial charge is 0.511 e. The Labute approximate surface area is 186 Å². The van der Waals surface area contributed by atoms with Crippen molar-refractivity contribution in [1.82, 2.24) is 0 Å². The van der Waals surface area contributed by atoms with Crippen molar-refractivity contribution in [2.45, 2.75) is 45.8 Å². The SMILES string of the molecule is CC(C)(C)OC(=O)OCOC(=O)C(C)(C)Oc1ccc(C(=O)c2ccc(Cl)cc2)cc1. The van der Waals surface area contributed by atoms with E-state index in [2.05, 4.69) is 0 Å². The molecule has 166 valence electrons. The molecule has 2 aromatic rings. The highest BCUT2D eigenvalue weighted by atomic mass is 35.5. The first-order valence-electron chi connectivity index (χ1n) is 9.50. The van der Waals surface area contributed by atoms with Crippen LogP contribution < -0.4 is 4.74 Å². The quantitative estimate of drug-likeness (QED) is 0.327. The van der Waals surface area contributed by atoms with Gasteiger partial charge < -0.3 is 18.9 Å². The number of benzene rings is 2. The van der Waals surface area contributed by atoms with Crippen molar-refractivity contribution in [3.05, 3.63) is 64.7 Å². The summed E-state index contributed by atoms with van der Waals surface area (Å²) in [5, 5.41) is 0.547. The van der Waals surface area contributed by atoms with Crippen LogP contribution in [-0.2, 0) is 19.0 Å². The van der Waals surface area contributed by atoms with E-state index in [1.165, 1.54) is 13.8 Å². The Hall–Kier alpha value is -3.06. The maximum absolute atomic E-state index is 12.5. The summed E-state index contributed by atoms with van der Waals surface area (Å²) in [6, 6.07) is 12.9. The number of esters is 1. The zero-order chi connectivity index (χ0) is 23.2. The molecule has 0 fully saturated rings. The first-order chi connectivity index (χ1) is 14.4. The van der Waals surface area contributed by atoms with E-state index >= 15 is 0 Å². The van der Waals surface area contributed by atoms with Crippen LogP contribution in [0.2, 0.25) is 5.02 Å². The van der Waals surface area contributed by atoms with Crippen molar-refractivity contribution >= 4 is 29.5 Å². The van der Waals surface area contributed by atoms with Gasteiger partial charge in [0, 0.05) is 16.1 Å². The highest BCUT2D eigenvalue weighted by Crippen LogP contribution is 2.22. The Kier molecular flexibility index (Phi) is 7.68. The smallest absolute Gasteiger partial charge is 0.476 e. The van der Waals surface area contributed by atoms with Gasteiger partial charge in [0.05, 0.1) is 0 Å². The van der Waals surface area contributed by atoms with E-state index in [-0.39, 0.29) is 5.78 Å². The summed E-state index contributed by atoms with van der Waals surface area (Å²) in [6.07, 6.45) is -0.944. The standard InChI is InChI=1S/C23H25ClO7/c1-22(2,3)31-21(27)29-14-28-20(26)23(4,5)30-18-12-8-16(9-13-18)19(25)15-6-10-17(24)11-7-15/h6-13H,14H2,1-5H3. The zero-order valence-corrected chi connectivity index (χ0v) is 18.8. The highest BCUT2D eigenvalue weighted by molar-refractivity contribution is 6.30. The topological polar surface area (TPSA) is 88.1 Å². The lowest BCUT2D eigenvalue weighted by Crippen LogP contribution is -2.40. The molecule has 0 atom stereocenters. The van der Waals surface area contributed by atoms with Crippen LogP contribution in [0.15, 0.2) is 48.5 Å². The molecule has 0 aliphatic carbocycles. The Morgan fingerprint density at radius 2 is 1.32 bits per heavy atom. The Balaban J connectivity index is 1.92. The van der Waals surface area contributed by atoms with Crippen LogP contribution in [0.3, 0.4) is 0 Å². The van der Waals surface area contributed by atoms with Gasteiger partial charge in [0.1, 0.15) is 11.4 Å². The van der Waals surface area contributed by atoms with Gasteiger partial charge in [0.25, 0.3) is 0 Å². The van der Waals surface area contributed by atoms with Gasteiger partial charge in [-0.25, -0.2) is 9.59 Å². The minimum atomic E-state index is -1.36. The Morgan fingerprint density at radius 1 is 0.806 bits per heavy atom. The lowest BCUT2D eigenvalue weighted by Gasteiger charge is -2.24. The summed E-state index contributed by atoms with van der Waals surface area (Å²) >= 11 is 5.85. The molecule has 31 heavy (non-hydrogen) atoms. The molecular formula is C23H25ClO7. The van der Waals surface area contributed by atoms with Crippen LogP contribution >= 0.6 is 11.6 Å². The molecule has 8 heteroatoms. The Bertz CT molecular complexity index is 926. The number of carbonyl (C=O) groups is 3. The molecule has 0 radical (unpaired) electrons. The fourth-order valence-electron chi connectivity index (χ4n) is 2.36. The van der Waals surface area contributed by atoms with Crippen LogP contribution in [0, 0.1) is 0 Å². The molecule has 0 aliphatic rings. The third-order valence-electron chi connectivity index (χ3n) is 3.84. The summed E-state index contributed by atoms with van der Waals surface area (Å²) < 4.78 is 20.3. The van der Waals surface area contributed by atoms with E-state index in [1.807, 2.05) is 0 Å². The van der Waals surface area contributed by atoms with Gasteiger partial charge in [0.2, 0.25) is 6.79 Å². The van der Waals surface area contributed by atoms with E-state index in [0.29, 0.717) is 21.9 Å². The molecule has 7 nitrogen and oxygen atoms in total. The summed E-state index contributed by atoms with van der Waals surface area (Å²) in [4.78, 5) is 36.3. The number of halogens is 1. The third kappa shape index (κ3) is 7.61. The number of ether oxygens (including phenoxy) is 4. The van der Waals surface area contributed by atoms with Gasteiger partial charge in [-0.2, -0.15) is 0 Å². The second-order valence-electron chi connectivity index (χ2n) is 8.13. The van der Waals surface area contributed by atoms with Crippen LogP contribution in [0.5, 0.6) is 5.75 Å². The summed E-state index contributed by atoms with van der Waals surface area (Å²) in [5.74, 6) is -0.541. The summed E-state index contributed by atoms with van der Waals surface area (Å²) in [7, 11) is 0. The summed E-state index contributed by atoms with van der Waals surface area (Å²) in [5.41, 5.74) is -1.11. The van der Waals surface area contributed by atoms with Gasteiger partial charge in [-0.1, -0.05) is 11.6 Å². The van der Waals surface area contributed by atoms with Crippen molar-refractivity contribution in [3.63, 3.8) is 0 Å². The number of ketones is 1. The molecule has 0 N–H and O–H groups in total. The molecule has 0 aliphatic heterocycles. The third-order valence-corrected chi connectivity index (χ3v) is 4.10. The van der Waals surface area contributed by atoms with Crippen molar-refractivity contribution in [2.24, 2.45) is 0 Å². The van der Waals surface area contributed by atoms with Crippen molar-refractivity contribution in [2.75, 3.05) is 6.79 Å². The van der Waals surface area contributed by atoms with E-state index in [4.69, 9.17) is 30.5 Å². The van der Waals surface area contributed by atoms with Crippen LogP contribution in [0.1, 0.15) is 50.5 Å². The molecule has 2 rings (SSSR count). The summed E-state index contributed by atoms with van der Waals surface area (Å²) in [6.45, 7) is 7.48. The van der Waals surface area contributed by atoms with Gasteiger partial charge in [-0.05, 0) is 83.1 Å². The fourth-order valence-corrected chi connectivity index (χ4v) is 2.49. The predicted octanol–water partition coefficient (Wildman–Crippen LogP) is 5.18. The minimum absolute atomic E-state index is 0.166. The maximum atomic E-state index is 12.5. The molecule has 0 heterocycles. The van der Waals surface area contributed by atoms with Gasteiger partial charge in [0.15, 0.2) is 11.4 Å². The van der Waals surface area contributed by atoms with E-state index in [0.717, 1.165) is 0 Å². The molecule has 0 saturated carbocycles. The van der Waals surface area contributed by atoms with E-state index in [9.17, 15) is 14.4 Å². The number of hydrogen-bond acceptors (Lipinski definition) is 7. The predicted molar refractivity (Wildman–Crippen MR) is 114 cm³/mol. The number of hydrogen-bond donors (Lipinski definition) is 0. The minimum Gasteiger partial charge on any atom is -0.476 e. The average Bonchev–Trinajstić information content (AvgIpc) is 2.67. The lowest BCUT2D eigenvalue weighted by atomic mass is 10.0. The molecule has 0 spiro atoms. The van der Waals surface area contributed by atoms with Gasteiger partial charge in [-0.3, -0.25) is 4.79 Å². The van der Waals surface area contributed by atoms with Crippen molar-refractivity contribution in [3.8, 4) is 5.75 Å². The number of carbonyl (C=O) groups excluding carboxylic acids is 3. The molecule has 0 amide bonds. The van der Waals surface area contributed by atoms with E-state index in [1.54, 1.807) is 69.3 Å². The second-order valence-corrected chi connectivity index (χ2v) is 8.57. The van der Waals surface area contributed by atoms with Crippen LogP contribution in [0.4, 0.5) is 4.79 Å². The number of rotatable bonds is 7. The van der Waals surface area contributed by atoms with Crippen molar-refractivity contribution in [1.29, 1.82) is 0 Å². The monoisotopic (exact) mass is 448 g/mol. The van der Waals surface area contributed by atoms with Gasteiger partial charge >= 0.3 is 12.1 Å². The highest BCUT2D eigenvalue weighted by Gasteiger charge is 2.32. The Morgan fingerprint density at radius 3 is 1.84 bits per heavy atom. The van der Waals surface area contributed by atoms with E-state index < -0.39 is 30.1 Å². The first-order valence-corrected chi connectivity index (χ1v) is 9.87. The van der Waals surface area contributed by atoms with Crippen LogP contribution in [-0.4, -0.2) is 35.9 Å². The molecule has 0 saturated heterocycles. The maximum Gasteiger partial charge on any atom is 0.511 e.